The fourth-order valence-corrected chi connectivity index (χ4v) is 2.94. The summed E-state index contributed by atoms with van der Waals surface area (Å²) < 4.78 is 5.10. The molecule has 0 bridgehead atoms. The molecule has 16 heavy (non-hydrogen) atoms. The molecule has 0 saturated carbocycles. The van der Waals surface area contributed by atoms with E-state index in [1.54, 1.807) is 11.8 Å². The highest BCUT2D eigenvalue weighted by molar-refractivity contribution is 7.99. The van der Waals surface area contributed by atoms with Crippen LogP contribution in [-0.4, -0.2) is 17.3 Å². The molecule has 0 spiro atoms. The van der Waals surface area contributed by atoms with Gasteiger partial charge in [-0.1, -0.05) is 23.7 Å². The molecule has 1 saturated heterocycles. The average molecular weight is 257 g/mol. The summed E-state index contributed by atoms with van der Waals surface area (Å²) in [6, 6.07) is 7.71. The minimum atomic E-state index is -0.0773. The van der Waals surface area contributed by atoms with Crippen LogP contribution in [-0.2, 0) is 15.3 Å². The smallest absolute Gasteiger partial charge is 0.319 e. The lowest BCUT2D eigenvalue weighted by Crippen LogP contribution is -2.09. The van der Waals surface area contributed by atoms with Gasteiger partial charge in [0.15, 0.2) is 0 Å². The zero-order valence-corrected chi connectivity index (χ0v) is 10.6. The lowest BCUT2D eigenvalue weighted by Gasteiger charge is -2.05. The zero-order chi connectivity index (χ0) is 11.5. The van der Waals surface area contributed by atoms with Crippen LogP contribution >= 0.6 is 23.4 Å². The molecule has 1 fully saturated rings. The fraction of sp³-hybridized carbons (Fsp3) is 0.417. The number of halogens is 1. The van der Waals surface area contributed by atoms with E-state index >= 15 is 0 Å². The highest BCUT2D eigenvalue weighted by atomic mass is 35.5. The fourth-order valence-electron chi connectivity index (χ4n) is 1.63. The summed E-state index contributed by atoms with van der Waals surface area (Å²) >= 11 is 7.44. The Morgan fingerprint density at radius 1 is 1.44 bits per heavy atom. The van der Waals surface area contributed by atoms with Crippen molar-refractivity contribution in [2.75, 3.05) is 0 Å². The first kappa shape index (κ1) is 11.8. The number of cyclic esters (lactones) is 1. The Morgan fingerprint density at radius 2 is 2.12 bits per heavy atom. The van der Waals surface area contributed by atoms with Gasteiger partial charge in [-0.2, -0.15) is 0 Å². The van der Waals surface area contributed by atoms with E-state index in [4.69, 9.17) is 16.3 Å². The van der Waals surface area contributed by atoms with E-state index in [9.17, 15) is 4.79 Å². The third-order valence-electron chi connectivity index (χ3n) is 2.49. The molecule has 0 N–H and O–H groups in total. The largest absolute Gasteiger partial charge is 0.462 e. The Bertz CT molecular complexity index is 377. The van der Waals surface area contributed by atoms with Crippen molar-refractivity contribution in [3.05, 3.63) is 34.9 Å². The monoisotopic (exact) mass is 256 g/mol. The van der Waals surface area contributed by atoms with E-state index in [0.717, 1.165) is 17.2 Å². The lowest BCUT2D eigenvalue weighted by atomic mass is 10.2. The van der Waals surface area contributed by atoms with Crippen molar-refractivity contribution in [3.63, 3.8) is 0 Å². The molecule has 0 aliphatic carbocycles. The third kappa shape index (κ3) is 2.92. The van der Waals surface area contributed by atoms with Crippen LogP contribution in [0.4, 0.5) is 0 Å². The van der Waals surface area contributed by atoms with Gasteiger partial charge >= 0.3 is 5.97 Å². The molecule has 0 radical (unpaired) electrons. The second kappa shape index (κ2) is 5.11. The number of esters is 1. The molecule has 0 amide bonds. The number of carbonyl (C=O) groups is 1. The molecule has 0 unspecified atom stereocenters. The first-order valence-electron chi connectivity index (χ1n) is 5.21. The van der Waals surface area contributed by atoms with E-state index in [0.29, 0.717) is 0 Å². The molecule has 1 aromatic carbocycles. The van der Waals surface area contributed by atoms with Gasteiger partial charge in [0.25, 0.3) is 0 Å². The van der Waals surface area contributed by atoms with Crippen LogP contribution in [0.5, 0.6) is 0 Å². The molecule has 1 aliphatic heterocycles. The number of rotatable bonds is 3. The van der Waals surface area contributed by atoms with Crippen LogP contribution in [0.25, 0.3) is 0 Å². The third-order valence-corrected chi connectivity index (χ3v) is 4.03. The Kier molecular flexibility index (Phi) is 3.77. The second-order valence-corrected chi connectivity index (χ2v) is 5.54. The molecule has 1 aromatic rings. The number of carbonyl (C=O) groups excluding carboxylic acids is 1. The van der Waals surface area contributed by atoms with Crippen LogP contribution in [0.3, 0.4) is 0 Å². The highest BCUT2D eigenvalue weighted by Crippen LogP contribution is 2.28. The van der Waals surface area contributed by atoms with Crippen molar-refractivity contribution in [1.29, 1.82) is 0 Å². The van der Waals surface area contributed by atoms with Gasteiger partial charge in [0.2, 0.25) is 0 Å². The first-order chi connectivity index (χ1) is 7.65. The van der Waals surface area contributed by atoms with Crippen molar-refractivity contribution in [1.82, 2.24) is 0 Å². The predicted molar refractivity (Wildman–Crippen MR) is 66.7 cm³/mol. The van der Waals surface area contributed by atoms with E-state index in [-0.39, 0.29) is 17.3 Å². The highest BCUT2D eigenvalue weighted by Gasteiger charge is 2.31. The summed E-state index contributed by atoms with van der Waals surface area (Å²) in [6.07, 6.45) is 0.882. The molecule has 4 heteroatoms. The molecule has 2 nitrogen and oxygen atoms in total. The van der Waals surface area contributed by atoms with Crippen molar-refractivity contribution in [2.24, 2.45) is 0 Å². The summed E-state index contributed by atoms with van der Waals surface area (Å²) in [7, 11) is 0. The van der Waals surface area contributed by atoms with Gasteiger partial charge in [-0.3, -0.25) is 4.79 Å². The molecule has 1 aliphatic rings. The van der Waals surface area contributed by atoms with Gasteiger partial charge in [-0.25, -0.2) is 0 Å². The number of thioether (sulfide) groups is 1. The first-order valence-corrected chi connectivity index (χ1v) is 6.64. The Balaban J connectivity index is 1.88. The average Bonchev–Trinajstić information content (AvgIpc) is 2.57. The van der Waals surface area contributed by atoms with E-state index in [1.165, 1.54) is 5.56 Å². The number of hydrogen-bond donors (Lipinski definition) is 0. The van der Waals surface area contributed by atoms with Crippen LogP contribution in [0, 0.1) is 0 Å². The van der Waals surface area contributed by atoms with Crippen molar-refractivity contribution < 1.29 is 9.53 Å². The maximum Gasteiger partial charge on any atom is 0.319 e. The molecule has 1 heterocycles. The summed E-state index contributed by atoms with van der Waals surface area (Å²) in [5, 5.41) is 0.730. The standard InChI is InChI=1S/C12H13ClO2S/c1-8-6-11(12(14)15-8)16-7-9-2-4-10(13)5-3-9/h2-5,8,11H,6-7H2,1H3/t8-,11+/m0/s1. The van der Waals surface area contributed by atoms with Crippen molar-refractivity contribution in [2.45, 2.75) is 30.5 Å². The maximum atomic E-state index is 11.4. The Morgan fingerprint density at radius 3 is 2.69 bits per heavy atom. The second-order valence-electron chi connectivity index (χ2n) is 3.91. The van der Waals surface area contributed by atoms with Crippen LogP contribution in [0.15, 0.2) is 24.3 Å². The van der Waals surface area contributed by atoms with Gasteiger partial charge in [-0.05, 0) is 24.6 Å². The topological polar surface area (TPSA) is 26.3 Å². The molecule has 86 valence electrons. The van der Waals surface area contributed by atoms with E-state index in [2.05, 4.69) is 0 Å². The van der Waals surface area contributed by atoms with Gasteiger partial charge in [-0.15, -0.1) is 11.8 Å². The van der Waals surface area contributed by atoms with Gasteiger partial charge < -0.3 is 4.74 Å². The normalized spacial score (nSPS) is 24.5. The summed E-state index contributed by atoms with van der Waals surface area (Å²) in [5.41, 5.74) is 1.18. The van der Waals surface area contributed by atoms with E-state index < -0.39 is 0 Å². The SMILES string of the molecule is C[C@H]1C[C@@H](SCc2ccc(Cl)cc2)C(=O)O1. The maximum absolute atomic E-state index is 11.4. The minimum absolute atomic E-state index is 0.00863. The van der Waals surface area contributed by atoms with Crippen LogP contribution in [0.2, 0.25) is 5.02 Å². The number of benzene rings is 1. The molecular formula is C12H13ClO2S. The quantitative estimate of drug-likeness (QED) is 0.777. The molecule has 2 atom stereocenters. The molecular weight excluding hydrogens is 244 g/mol. The van der Waals surface area contributed by atoms with Gasteiger partial charge in [0.1, 0.15) is 11.4 Å². The predicted octanol–water partition coefficient (Wildman–Crippen LogP) is 3.28. The van der Waals surface area contributed by atoms with Crippen LogP contribution in [0.1, 0.15) is 18.9 Å². The van der Waals surface area contributed by atoms with Crippen molar-refractivity contribution >= 4 is 29.3 Å². The van der Waals surface area contributed by atoms with E-state index in [1.807, 2.05) is 31.2 Å². The van der Waals surface area contributed by atoms with Crippen LogP contribution < -0.4 is 0 Å². The number of hydrogen-bond acceptors (Lipinski definition) is 3. The van der Waals surface area contributed by atoms with Gasteiger partial charge in [0, 0.05) is 17.2 Å². The zero-order valence-electron chi connectivity index (χ0n) is 8.98. The minimum Gasteiger partial charge on any atom is -0.462 e. The Labute approximate surface area is 104 Å². The Hall–Kier alpha value is -0.670. The lowest BCUT2D eigenvalue weighted by molar-refractivity contribution is -0.140. The number of ether oxygens (including phenoxy) is 1. The molecule has 0 aromatic heterocycles. The van der Waals surface area contributed by atoms with Crippen molar-refractivity contribution in [3.8, 4) is 0 Å². The summed E-state index contributed by atoms with van der Waals surface area (Å²) in [6.45, 7) is 1.93. The summed E-state index contributed by atoms with van der Waals surface area (Å²) in [5.74, 6) is 0.746. The van der Waals surface area contributed by atoms with Gasteiger partial charge in [0.05, 0.1) is 0 Å². The molecule has 2 rings (SSSR count). The summed E-state index contributed by atoms with van der Waals surface area (Å²) in [4.78, 5) is 11.4.